The van der Waals surface area contributed by atoms with Crippen LogP contribution in [0.4, 0.5) is 0 Å². The van der Waals surface area contributed by atoms with Crippen LogP contribution in [-0.4, -0.2) is 25.0 Å². The average Bonchev–Trinajstić information content (AvgIpc) is 2.67. The summed E-state index contributed by atoms with van der Waals surface area (Å²) in [5, 5.41) is 6.05. The van der Waals surface area contributed by atoms with Gasteiger partial charge in [0.25, 0.3) is 5.91 Å². The minimum absolute atomic E-state index is 0.0677. The zero-order valence-corrected chi connectivity index (χ0v) is 14.9. The maximum Gasteiger partial charge on any atom is 0.251 e. The Hall–Kier alpha value is -3.02. The second-order valence-electron chi connectivity index (χ2n) is 6.13. The normalized spacial score (nSPS) is 16.3. The number of amides is 1. The molecule has 6 heteroatoms. The number of hydrogen-bond acceptors (Lipinski definition) is 3. The Morgan fingerprint density at radius 2 is 2.00 bits per heavy atom. The van der Waals surface area contributed by atoms with Gasteiger partial charge < -0.3 is 21.1 Å². The van der Waals surface area contributed by atoms with Gasteiger partial charge in [-0.1, -0.05) is 30.3 Å². The lowest BCUT2D eigenvalue weighted by Crippen LogP contribution is -2.37. The molecule has 2 aromatic rings. The third-order valence-corrected chi connectivity index (χ3v) is 4.27. The zero-order chi connectivity index (χ0) is 18.4. The lowest BCUT2D eigenvalue weighted by molar-refractivity contribution is 0.0956. The molecular weight excluding hydrogens is 328 g/mol. The topological polar surface area (TPSA) is 88.7 Å². The fraction of sp³-hybridized carbons (Fsp3) is 0.300. The standard InChI is InChI=1S/C20H24N4O2/c1-2-22-19(25)15-9-7-14(8-10-15)13-23-20(21)24-17-11-12-26-18-6-4-3-5-16(17)18/h3-10,17H,2,11-13H2,1H3,(H,22,25)(H3,21,23,24). The molecule has 136 valence electrons. The van der Waals surface area contributed by atoms with Gasteiger partial charge in [-0.2, -0.15) is 0 Å². The Balaban J connectivity index is 1.60. The highest BCUT2D eigenvalue weighted by atomic mass is 16.5. The number of ether oxygens (including phenoxy) is 1. The molecule has 1 aliphatic heterocycles. The summed E-state index contributed by atoms with van der Waals surface area (Å²) in [7, 11) is 0. The van der Waals surface area contributed by atoms with Crippen LogP contribution >= 0.6 is 0 Å². The number of nitrogens with two attached hydrogens (primary N) is 1. The molecule has 0 aliphatic carbocycles. The first-order valence-corrected chi connectivity index (χ1v) is 8.82. The molecule has 0 spiro atoms. The van der Waals surface area contributed by atoms with Crippen LogP contribution < -0.4 is 21.1 Å². The molecule has 1 aliphatic rings. The van der Waals surface area contributed by atoms with E-state index in [0.29, 0.717) is 31.2 Å². The predicted molar refractivity (Wildman–Crippen MR) is 102 cm³/mol. The Labute approximate surface area is 153 Å². The van der Waals surface area contributed by atoms with Crippen molar-refractivity contribution in [3.63, 3.8) is 0 Å². The van der Waals surface area contributed by atoms with Crippen molar-refractivity contribution < 1.29 is 9.53 Å². The maximum absolute atomic E-state index is 11.8. The van der Waals surface area contributed by atoms with Crippen LogP contribution in [0.2, 0.25) is 0 Å². The van der Waals surface area contributed by atoms with Crippen LogP contribution in [0.15, 0.2) is 53.5 Å². The van der Waals surface area contributed by atoms with Crippen molar-refractivity contribution >= 4 is 11.9 Å². The number of carbonyl (C=O) groups is 1. The summed E-state index contributed by atoms with van der Waals surface area (Å²) in [6, 6.07) is 15.4. The largest absolute Gasteiger partial charge is 0.493 e. The molecule has 1 amide bonds. The van der Waals surface area contributed by atoms with Crippen molar-refractivity contribution in [2.24, 2.45) is 10.7 Å². The molecular formula is C20H24N4O2. The van der Waals surface area contributed by atoms with Gasteiger partial charge in [0.1, 0.15) is 5.75 Å². The molecule has 2 aromatic carbocycles. The van der Waals surface area contributed by atoms with E-state index >= 15 is 0 Å². The number of guanidine groups is 1. The first kappa shape index (κ1) is 17.8. The van der Waals surface area contributed by atoms with Crippen LogP contribution in [0.5, 0.6) is 5.75 Å². The number of benzene rings is 2. The van der Waals surface area contributed by atoms with Gasteiger partial charge >= 0.3 is 0 Å². The monoisotopic (exact) mass is 352 g/mol. The molecule has 0 bridgehead atoms. The number of carbonyl (C=O) groups excluding carboxylic acids is 1. The van der Waals surface area contributed by atoms with Crippen molar-refractivity contribution in [1.29, 1.82) is 0 Å². The molecule has 1 unspecified atom stereocenters. The van der Waals surface area contributed by atoms with Crippen molar-refractivity contribution in [3.8, 4) is 5.75 Å². The number of aliphatic imine (C=N–C) groups is 1. The minimum atomic E-state index is -0.0677. The molecule has 4 N–H and O–H groups in total. The van der Waals surface area contributed by atoms with Gasteiger partial charge in [-0.25, -0.2) is 4.99 Å². The van der Waals surface area contributed by atoms with Crippen molar-refractivity contribution in [2.45, 2.75) is 25.9 Å². The molecule has 1 atom stereocenters. The lowest BCUT2D eigenvalue weighted by atomic mass is 10.0. The van der Waals surface area contributed by atoms with Gasteiger partial charge in [0.2, 0.25) is 0 Å². The Morgan fingerprint density at radius 3 is 2.77 bits per heavy atom. The third-order valence-electron chi connectivity index (χ3n) is 4.27. The summed E-state index contributed by atoms with van der Waals surface area (Å²) in [6.07, 6.45) is 0.842. The fourth-order valence-corrected chi connectivity index (χ4v) is 2.92. The molecule has 0 saturated heterocycles. The van der Waals surface area contributed by atoms with Gasteiger partial charge in [0, 0.05) is 24.1 Å². The van der Waals surface area contributed by atoms with Crippen LogP contribution in [0.25, 0.3) is 0 Å². The number of fused-ring (bicyclic) bond motifs is 1. The highest BCUT2D eigenvalue weighted by Gasteiger charge is 2.21. The molecule has 6 nitrogen and oxygen atoms in total. The number of nitrogens with zero attached hydrogens (tertiary/aromatic N) is 1. The highest BCUT2D eigenvalue weighted by molar-refractivity contribution is 5.94. The van der Waals surface area contributed by atoms with E-state index in [1.165, 1.54) is 0 Å². The second-order valence-corrected chi connectivity index (χ2v) is 6.13. The molecule has 0 fully saturated rings. The van der Waals surface area contributed by atoms with Crippen LogP contribution in [0.1, 0.15) is 40.9 Å². The van der Waals surface area contributed by atoms with E-state index in [9.17, 15) is 4.79 Å². The second kappa shape index (κ2) is 8.38. The maximum atomic E-state index is 11.8. The summed E-state index contributed by atoms with van der Waals surface area (Å²) in [5.74, 6) is 1.23. The van der Waals surface area contributed by atoms with Gasteiger partial charge in [0.05, 0.1) is 19.2 Å². The van der Waals surface area contributed by atoms with Gasteiger partial charge in [-0.15, -0.1) is 0 Å². The molecule has 26 heavy (non-hydrogen) atoms. The van der Waals surface area contributed by atoms with Crippen molar-refractivity contribution in [3.05, 3.63) is 65.2 Å². The number of rotatable bonds is 5. The molecule has 3 rings (SSSR count). The predicted octanol–water partition coefficient (Wildman–Crippen LogP) is 2.36. The smallest absolute Gasteiger partial charge is 0.251 e. The van der Waals surface area contributed by atoms with Crippen molar-refractivity contribution in [1.82, 2.24) is 10.6 Å². The molecule has 0 aromatic heterocycles. The number of nitrogens with one attached hydrogen (secondary N) is 2. The van der Waals surface area contributed by atoms with Crippen molar-refractivity contribution in [2.75, 3.05) is 13.2 Å². The molecule has 0 saturated carbocycles. The average molecular weight is 352 g/mol. The SMILES string of the molecule is CCNC(=O)c1ccc(CN=C(N)NC2CCOc3ccccc32)cc1. The summed E-state index contributed by atoms with van der Waals surface area (Å²) < 4.78 is 5.66. The quantitative estimate of drug-likeness (QED) is 0.569. The first-order valence-electron chi connectivity index (χ1n) is 8.82. The van der Waals surface area contributed by atoms with E-state index in [1.54, 1.807) is 12.1 Å². The summed E-state index contributed by atoms with van der Waals surface area (Å²) in [5.41, 5.74) is 8.80. The third kappa shape index (κ3) is 4.33. The fourth-order valence-electron chi connectivity index (χ4n) is 2.92. The van der Waals surface area contributed by atoms with E-state index in [1.807, 2.05) is 43.3 Å². The van der Waals surface area contributed by atoms with Gasteiger partial charge in [0.15, 0.2) is 5.96 Å². The molecule has 0 radical (unpaired) electrons. The Bertz CT molecular complexity index is 787. The first-order chi connectivity index (χ1) is 12.7. The Morgan fingerprint density at radius 1 is 1.23 bits per heavy atom. The van der Waals surface area contributed by atoms with E-state index in [4.69, 9.17) is 10.5 Å². The summed E-state index contributed by atoms with van der Waals surface area (Å²) in [4.78, 5) is 16.2. The minimum Gasteiger partial charge on any atom is -0.493 e. The lowest BCUT2D eigenvalue weighted by Gasteiger charge is -2.26. The summed E-state index contributed by atoms with van der Waals surface area (Å²) >= 11 is 0. The van der Waals surface area contributed by atoms with E-state index in [0.717, 1.165) is 23.3 Å². The van der Waals surface area contributed by atoms with Gasteiger partial charge in [-0.3, -0.25) is 4.79 Å². The van der Waals surface area contributed by atoms with E-state index in [2.05, 4.69) is 15.6 Å². The number of hydrogen-bond donors (Lipinski definition) is 3. The number of para-hydroxylation sites is 1. The molecule has 1 heterocycles. The summed E-state index contributed by atoms with van der Waals surface area (Å²) in [6.45, 7) is 3.62. The zero-order valence-electron chi connectivity index (χ0n) is 14.9. The van der Waals surface area contributed by atoms with Gasteiger partial charge in [-0.05, 0) is 30.7 Å². The van der Waals surface area contributed by atoms with Crippen LogP contribution in [0.3, 0.4) is 0 Å². The van der Waals surface area contributed by atoms with Crippen LogP contribution in [0, 0.1) is 0 Å². The van der Waals surface area contributed by atoms with Crippen LogP contribution in [-0.2, 0) is 6.54 Å². The van der Waals surface area contributed by atoms with E-state index < -0.39 is 0 Å². The highest BCUT2D eigenvalue weighted by Crippen LogP contribution is 2.31. The Kier molecular flexibility index (Phi) is 5.73. The van der Waals surface area contributed by atoms with E-state index in [-0.39, 0.29) is 11.9 Å².